The van der Waals surface area contributed by atoms with E-state index in [-0.39, 0.29) is 12.1 Å². The van der Waals surface area contributed by atoms with Gasteiger partial charge in [0.15, 0.2) is 0 Å². The van der Waals surface area contributed by atoms with Crippen LogP contribution in [0.5, 0.6) is 0 Å². The van der Waals surface area contributed by atoms with Gasteiger partial charge in [-0.2, -0.15) is 0 Å². The predicted molar refractivity (Wildman–Crippen MR) is 97.5 cm³/mol. The van der Waals surface area contributed by atoms with Gasteiger partial charge < -0.3 is 10.4 Å². The molecule has 0 radical (unpaired) electrons. The maximum atomic E-state index is 12.9. The van der Waals surface area contributed by atoms with Crippen molar-refractivity contribution in [1.82, 2.24) is 20.6 Å². The van der Waals surface area contributed by atoms with Crippen LogP contribution in [0.1, 0.15) is 47.1 Å². The Morgan fingerprint density at radius 3 is 2.63 bits per heavy atom. The van der Waals surface area contributed by atoms with E-state index in [1.165, 1.54) is 12.4 Å². The first-order chi connectivity index (χ1) is 16.0. The van der Waals surface area contributed by atoms with Crippen molar-refractivity contribution in [3.63, 3.8) is 0 Å². The molecule has 8 nitrogen and oxygen atoms in total. The maximum Gasteiger partial charge on any atom is 0.272 e. The molecule has 8 heteroatoms. The lowest BCUT2D eigenvalue weighted by atomic mass is 10.0. The molecule has 0 spiro atoms. The van der Waals surface area contributed by atoms with Crippen LogP contribution in [0, 0.1) is 0 Å². The molecular formula is C19H22N4O4. The third-order valence-corrected chi connectivity index (χ3v) is 3.23. The van der Waals surface area contributed by atoms with Gasteiger partial charge in [0.1, 0.15) is 11.7 Å². The van der Waals surface area contributed by atoms with E-state index in [0.717, 1.165) is 6.20 Å². The van der Waals surface area contributed by atoms with Crippen LogP contribution in [0.4, 0.5) is 0 Å². The minimum absolute atomic E-state index is 0.167. The zero-order valence-corrected chi connectivity index (χ0v) is 14.0. The molecule has 1 aromatic carbocycles. The van der Waals surface area contributed by atoms with Crippen molar-refractivity contribution in [3.8, 4) is 0 Å². The average molecular weight is 378 g/mol. The van der Waals surface area contributed by atoms with E-state index in [1.807, 2.05) is 0 Å². The van der Waals surface area contributed by atoms with E-state index in [9.17, 15) is 19.5 Å². The maximum absolute atomic E-state index is 12.9. The molecule has 3 amide bonds. The van der Waals surface area contributed by atoms with E-state index in [4.69, 9.17) is 11.0 Å². The number of hydrogen-bond acceptors (Lipinski definition) is 6. The molecule has 0 fully saturated rings. The highest BCUT2D eigenvalue weighted by atomic mass is 16.3. The summed E-state index contributed by atoms with van der Waals surface area (Å²) >= 11 is 0. The molecule has 0 unspecified atom stereocenters. The van der Waals surface area contributed by atoms with Gasteiger partial charge in [0.05, 0.1) is 18.2 Å². The summed E-state index contributed by atoms with van der Waals surface area (Å²) in [6.45, 7) is -7.74. The van der Waals surface area contributed by atoms with E-state index in [2.05, 4.69) is 15.3 Å². The number of carbonyl (C=O) groups is 3. The van der Waals surface area contributed by atoms with Crippen molar-refractivity contribution < 1.29 is 30.5 Å². The SMILES string of the molecule is [2H]C([2H])([2H])C(O)(C([2H])([2H])[2H])C([2H])([2H])C(=O)NC(=O)[C@@H](Cc1ccccc1)NC(=O)c1cnccn1. The molecule has 0 aliphatic heterocycles. The van der Waals surface area contributed by atoms with Crippen molar-refractivity contribution in [2.24, 2.45) is 0 Å². The minimum atomic E-state index is -4.14. The molecule has 1 heterocycles. The van der Waals surface area contributed by atoms with Crippen molar-refractivity contribution in [1.29, 1.82) is 0 Å². The zero-order valence-electron chi connectivity index (χ0n) is 22.0. The third-order valence-electron chi connectivity index (χ3n) is 3.23. The standard InChI is InChI=1S/C19H22N4O4/c1-19(2,27)11-16(24)23-17(25)14(10-13-6-4-3-5-7-13)22-18(26)15-12-20-8-9-21-15/h3-9,12,14,27H,10-11H2,1-2H3,(H,22,26)(H,23,24,25)/t14-/m1/s1/i1D3,2D3,11D2. The fourth-order valence-electron chi connectivity index (χ4n) is 2.10. The van der Waals surface area contributed by atoms with Crippen LogP contribution in [0.25, 0.3) is 0 Å². The number of rotatable bonds is 7. The first-order valence-electron chi connectivity index (χ1n) is 11.7. The second-order valence-electron chi connectivity index (χ2n) is 5.46. The van der Waals surface area contributed by atoms with Crippen molar-refractivity contribution in [2.75, 3.05) is 0 Å². The van der Waals surface area contributed by atoms with Gasteiger partial charge in [-0.05, 0) is 19.3 Å². The lowest BCUT2D eigenvalue weighted by molar-refractivity contribution is -0.133. The number of nitrogens with zero attached hydrogens (tertiary/aromatic N) is 2. The molecule has 0 saturated heterocycles. The fourth-order valence-corrected chi connectivity index (χ4v) is 2.10. The molecule has 27 heavy (non-hydrogen) atoms. The first-order valence-corrected chi connectivity index (χ1v) is 7.71. The Bertz CT molecular complexity index is 1050. The van der Waals surface area contributed by atoms with Crippen LogP contribution in [0.3, 0.4) is 0 Å². The largest absolute Gasteiger partial charge is 0.390 e. The molecular weight excluding hydrogens is 348 g/mol. The number of amides is 3. The van der Waals surface area contributed by atoms with E-state index in [0.29, 0.717) is 5.56 Å². The number of nitrogens with one attached hydrogen (secondary N) is 2. The molecule has 2 aromatic rings. The molecule has 0 aliphatic rings. The van der Waals surface area contributed by atoms with Gasteiger partial charge >= 0.3 is 0 Å². The third kappa shape index (κ3) is 6.95. The summed E-state index contributed by atoms with van der Waals surface area (Å²) in [5.74, 6) is -4.14. The second-order valence-corrected chi connectivity index (χ2v) is 5.46. The molecule has 0 saturated carbocycles. The van der Waals surface area contributed by atoms with Crippen LogP contribution in [0.2, 0.25) is 0 Å². The summed E-state index contributed by atoms with van der Waals surface area (Å²) in [6, 6.07) is 6.70. The van der Waals surface area contributed by atoms with Gasteiger partial charge in [-0.25, -0.2) is 4.98 Å². The average Bonchev–Trinajstić information content (AvgIpc) is 2.77. The Kier molecular flexibility index (Phi) is 3.85. The van der Waals surface area contributed by atoms with Crippen molar-refractivity contribution >= 4 is 17.7 Å². The van der Waals surface area contributed by atoms with Crippen LogP contribution < -0.4 is 10.6 Å². The topological polar surface area (TPSA) is 121 Å². The van der Waals surface area contributed by atoms with Crippen LogP contribution in [0.15, 0.2) is 48.9 Å². The normalized spacial score (nSPS) is 18.0. The molecule has 1 atom stereocenters. The predicted octanol–water partition coefficient (Wildman–Crippen LogP) is 0.621. The molecule has 0 aliphatic carbocycles. The van der Waals surface area contributed by atoms with E-state index in [1.54, 1.807) is 35.6 Å². The van der Waals surface area contributed by atoms with Gasteiger partial charge in [0.25, 0.3) is 5.91 Å². The molecule has 0 bridgehead atoms. The summed E-state index contributed by atoms with van der Waals surface area (Å²) in [6.07, 6.45) is -0.501. The Hall–Kier alpha value is -3.13. The Morgan fingerprint density at radius 2 is 2.00 bits per heavy atom. The quantitative estimate of drug-likeness (QED) is 0.649. The lowest BCUT2D eigenvalue weighted by Gasteiger charge is -2.20. The van der Waals surface area contributed by atoms with Gasteiger partial charge in [-0.3, -0.25) is 24.7 Å². The van der Waals surface area contributed by atoms with Gasteiger partial charge in [-0.15, -0.1) is 0 Å². The highest BCUT2D eigenvalue weighted by molar-refractivity contribution is 6.01. The Morgan fingerprint density at radius 1 is 1.26 bits per heavy atom. The van der Waals surface area contributed by atoms with Crippen molar-refractivity contribution in [3.05, 3.63) is 60.2 Å². The molecule has 1 aromatic heterocycles. The summed E-state index contributed by atoms with van der Waals surface area (Å²) in [5.41, 5.74) is -3.78. The summed E-state index contributed by atoms with van der Waals surface area (Å²) in [5, 5.41) is 14.3. The number of aliphatic hydroxyl groups is 1. The fraction of sp³-hybridized carbons (Fsp3) is 0.316. The summed E-state index contributed by atoms with van der Waals surface area (Å²) < 4.78 is 59.8. The number of carbonyl (C=O) groups excluding carboxylic acids is 3. The van der Waals surface area contributed by atoms with Crippen molar-refractivity contribution in [2.45, 2.75) is 38.1 Å². The molecule has 2 rings (SSSR count). The highest BCUT2D eigenvalue weighted by Gasteiger charge is 2.26. The van der Waals surface area contributed by atoms with Crippen LogP contribution in [-0.4, -0.2) is 44.4 Å². The minimum Gasteiger partial charge on any atom is -0.390 e. The van der Waals surface area contributed by atoms with Gasteiger partial charge in [0.2, 0.25) is 11.8 Å². The summed E-state index contributed by atoms with van der Waals surface area (Å²) in [4.78, 5) is 45.6. The first kappa shape index (κ1) is 11.6. The molecule has 142 valence electrons. The van der Waals surface area contributed by atoms with Gasteiger partial charge in [-0.1, -0.05) is 30.3 Å². The summed E-state index contributed by atoms with van der Waals surface area (Å²) in [7, 11) is 0. The van der Waals surface area contributed by atoms with E-state index < -0.39 is 49.4 Å². The Balaban J connectivity index is 2.35. The van der Waals surface area contributed by atoms with Crippen LogP contribution >= 0.6 is 0 Å². The van der Waals surface area contributed by atoms with Crippen LogP contribution in [-0.2, 0) is 16.0 Å². The Labute approximate surface area is 168 Å². The van der Waals surface area contributed by atoms with E-state index >= 15 is 0 Å². The number of hydrogen-bond donors (Lipinski definition) is 3. The number of benzene rings is 1. The zero-order chi connectivity index (χ0) is 26.7. The smallest absolute Gasteiger partial charge is 0.272 e. The van der Waals surface area contributed by atoms with Gasteiger partial charge in [0, 0.05) is 29.8 Å². The number of aromatic nitrogens is 2. The second kappa shape index (κ2) is 9.00. The number of imide groups is 1. The molecule has 3 N–H and O–H groups in total. The lowest BCUT2D eigenvalue weighted by Crippen LogP contribution is -2.50. The monoisotopic (exact) mass is 378 g/mol. The highest BCUT2D eigenvalue weighted by Crippen LogP contribution is 2.08.